The van der Waals surface area contributed by atoms with Gasteiger partial charge >= 0.3 is 0 Å². The van der Waals surface area contributed by atoms with Gasteiger partial charge in [-0.05, 0) is 37.3 Å². The second-order valence-electron chi connectivity index (χ2n) is 7.32. The zero-order valence-corrected chi connectivity index (χ0v) is 16.0. The van der Waals surface area contributed by atoms with E-state index in [1.54, 1.807) is 23.8 Å². The Bertz CT molecular complexity index is 1030. The van der Waals surface area contributed by atoms with E-state index in [0.29, 0.717) is 29.0 Å². The fourth-order valence-corrected chi connectivity index (χ4v) is 5.04. The van der Waals surface area contributed by atoms with Crippen molar-refractivity contribution in [1.82, 2.24) is 29.8 Å². The minimum atomic E-state index is -0.123. The van der Waals surface area contributed by atoms with E-state index in [0.717, 1.165) is 43.5 Å². The van der Waals surface area contributed by atoms with Gasteiger partial charge < -0.3 is 10.6 Å². The molecule has 5 rings (SSSR count). The predicted octanol–water partition coefficient (Wildman–Crippen LogP) is 2.09. The van der Waals surface area contributed by atoms with Crippen LogP contribution < -0.4 is 5.73 Å². The first-order valence-corrected chi connectivity index (χ1v) is 10.2. The molecule has 1 fully saturated rings. The highest BCUT2D eigenvalue weighted by molar-refractivity contribution is 7.13. The van der Waals surface area contributed by atoms with Crippen molar-refractivity contribution >= 4 is 23.2 Å². The molecular formula is C19H19N7OS. The summed E-state index contributed by atoms with van der Waals surface area (Å²) in [6, 6.07) is 1.76. The third-order valence-corrected chi connectivity index (χ3v) is 6.44. The molecule has 28 heavy (non-hydrogen) atoms. The number of fused-ring (bicyclic) bond motifs is 2. The number of hydrogen-bond donors (Lipinski definition) is 1. The van der Waals surface area contributed by atoms with Crippen LogP contribution in [-0.2, 0) is 11.8 Å². The molecule has 4 heterocycles. The molecule has 1 unspecified atom stereocenters. The number of nitrogen functional groups attached to an aromatic ring is 1. The fraction of sp³-hybridized carbons (Fsp3) is 0.368. The van der Waals surface area contributed by atoms with E-state index < -0.39 is 0 Å². The van der Waals surface area contributed by atoms with Crippen molar-refractivity contribution in [3.05, 3.63) is 47.0 Å². The Morgan fingerprint density at radius 2 is 2.04 bits per heavy atom. The van der Waals surface area contributed by atoms with E-state index in [2.05, 4.69) is 24.9 Å². The minimum Gasteiger partial charge on any atom is -0.368 e. The van der Waals surface area contributed by atoms with Gasteiger partial charge in [-0.1, -0.05) is 0 Å². The molecule has 0 radical (unpaired) electrons. The molecular weight excluding hydrogens is 374 g/mol. The Hall–Kier alpha value is -2.94. The molecule has 142 valence electrons. The first kappa shape index (κ1) is 17.2. The molecule has 2 N–H and O–H groups in total. The number of rotatable bonds is 2. The second-order valence-corrected chi connectivity index (χ2v) is 8.18. The summed E-state index contributed by atoms with van der Waals surface area (Å²) in [6.45, 7) is 1.37. The number of carbonyl (C=O) groups excluding carboxylic acids is 1. The van der Waals surface area contributed by atoms with Crippen LogP contribution in [0.1, 0.15) is 41.0 Å². The molecule has 0 bridgehead atoms. The van der Waals surface area contributed by atoms with Crippen molar-refractivity contribution in [2.75, 3.05) is 18.8 Å². The van der Waals surface area contributed by atoms with Gasteiger partial charge in [0.1, 0.15) is 5.69 Å². The van der Waals surface area contributed by atoms with E-state index in [9.17, 15) is 4.79 Å². The topological polar surface area (TPSA) is 111 Å². The summed E-state index contributed by atoms with van der Waals surface area (Å²) >= 11 is 1.39. The van der Waals surface area contributed by atoms with Gasteiger partial charge in [0.05, 0.1) is 5.69 Å². The summed E-state index contributed by atoms with van der Waals surface area (Å²) in [7, 11) is 0. The van der Waals surface area contributed by atoms with Crippen molar-refractivity contribution in [3.8, 4) is 10.8 Å². The molecule has 0 aromatic carbocycles. The van der Waals surface area contributed by atoms with Crippen LogP contribution in [0.25, 0.3) is 10.8 Å². The molecule has 1 saturated heterocycles. The van der Waals surface area contributed by atoms with Gasteiger partial charge in [0.25, 0.3) is 5.91 Å². The Morgan fingerprint density at radius 1 is 1.18 bits per heavy atom. The van der Waals surface area contributed by atoms with Crippen molar-refractivity contribution in [3.63, 3.8) is 0 Å². The lowest BCUT2D eigenvalue weighted by Gasteiger charge is -2.40. The molecule has 2 aliphatic rings. The van der Waals surface area contributed by atoms with Gasteiger partial charge in [0.15, 0.2) is 10.8 Å². The number of hydrogen-bond acceptors (Lipinski definition) is 8. The van der Waals surface area contributed by atoms with E-state index >= 15 is 0 Å². The lowest BCUT2D eigenvalue weighted by Crippen LogP contribution is -2.48. The van der Waals surface area contributed by atoms with Crippen molar-refractivity contribution in [2.45, 2.75) is 31.1 Å². The van der Waals surface area contributed by atoms with Crippen molar-refractivity contribution in [2.24, 2.45) is 0 Å². The monoisotopic (exact) mass is 393 g/mol. The van der Waals surface area contributed by atoms with E-state index in [-0.39, 0.29) is 11.3 Å². The molecule has 0 saturated carbocycles. The van der Waals surface area contributed by atoms with E-state index in [1.165, 1.54) is 11.3 Å². The number of thiazole rings is 1. The molecule has 1 amide bonds. The van der Waals surface area contributed by atoms with Crippen LogP contribution >= 0.6 is 11.3 Å². The number of amides is 1. The average Bonchev–Trinajstić information content (AvgIpc) is 3.35. The average molecular weight is 393 g/mol. The number of nitrogens with zero attached hydrogens (tertiary/aromatic N) is 6. The molecule has 1 aliphatic heterocycles. The second kappa shape index (κ2) is 6.59. The number of aromatic nitrogens is 5. The summed E-state index contributed by atoms with van der Waals surface area (Å²) in [5, 5.41) is 2.44. The maximum atomic E-state index is 13.1. The third-order valence-electron chi connectivity index (χ3n) is 5.60. The van der Waals surface area contributed by atoms with Gasteiger partial charge in [-0.25, -0.2) is 24.9 Å². The molecule has 3 aromatic rings. The van der Waals surface area contributed by atoms with Crippen molar-refractivity contribution < 1.29 is 4.79 Å². The maximum Gasteiger partial charge on any atom is 0.273 e. The number of nitrogens with two attached hydrogens (primary N) is 1. The SMILES string of the molecule is Nc1ncc2c(n1)C1(CCCN(C(=O)c3csc(-c4ncccn4)n3)C1)CC2. The van der Waals surface area contributed by atoms with Crippen molar-refractivity contribution in [1.29, 1.82) is 0 Å². The maximum absolute atomic E-state index is 13.1. The van der Waals surface area contributed by atoms with Gasteiger partial charge in [0, 0.05) is 42.5 Å². The molecule has 3 aromatic heterocycles. The number of aryl methyl sites for hydroxylation is 1. The van der Waals surface area contributed by atoms with Crippen LogP contribution in [0.3, 0.4) is 0 Å². The summed E-state index contributed by atoms with van der Waals surface area (Å²) in [5.41, 5.74) is 8.34. The normalized spacial score (nSPS) is 21.1. The lowest BCUT2D eigenvalue weighted by atomic mass is 9.77. The molecule has 8 nitrogen and oxygen atoms in total. The third kappa shape index (κ3) is 2.82. The molecule has 1 atom stereocenters. The Kier molecular flexibility index (Phi) is 4.04. The van der Waals surface area contributed by atoms with Gasteiger partial charge in [0.2, 0.25) is 5.95 Å². The summed E-state index contributed by atoms with van der Waals surface area (Å²) in [5.74, 6) is 0.794. The number of piperidine rings is 1. The van der Waals surface area contributed by atoms with Crippen LogP contribution in [0.15, 0.2) is 30.0 Å². The van der Waals surface area contributed by atoms with Gasteiger partial charge in [-0.2, -0.15) is 0 Å². The highest BCUT2D eigenvalue weighted by atomic mass is 32.1. The summed E-state index contributed by atoms with van der Waals surface area (Å²) in [4.78, 5) is 36.6. The first-order chi connectivity index (χ1) is 13.6. The highest BCUT2D eigenvalue weighted by Gasteiger charge is 2.45. The number of carbonyl (C=O) groups is 1. The largest absolute Gasteiger partial charge is 0.368 e. The minimum absolute atomic E-state index is 0.0482. The van der Waals surface area contributed by atoms with Crippen LogP contribution in [0.4, 0.5) is 5.95 Å². The fourth-order valence-electron chi connectivity index (χ4n) is 4.30. The zero-order chi connectivity index (χ0) is 19.1. The molecule has 1 spiro atoms. The molecule has 1 aliphatic carbocycles. The first-order valence-electron chi connectivity index (χ1n) is 9.29. The Morgan fingerprint density at radius 3 is 2.89 bits per heavy atom. The van der Waals surface area contributed by atoms with Crippen LogP contribution in [0.5, 0.6) is 0 Å². The smallest absolute Gasteiger partial charge is 0.273 e. The van der Waals surface area contributed by atoms with E-state index in [1.807, 2.05) is 11.1 Å². The van der Waals surface area contributed by atoms with Crippen LogP contribution in [0.2, 0.25) is 0 Å². The van der Waals surface area contributed by atoms with Gasteiger partial charge in [-0.3, -0.25) is 4.79 Å². The predicted molar refractivity (Wildman–Crippen MR) is 105 cm³/mol. The standard InChI is InChI=1S/C19H19N7OS/c20-18-23-9-12-3-5-19(14(12)25-18)4-1-8-26(11-19)17(27)13-10-28-16(24-13)15-21-6-2-7-22-15/h2,6-7,9-10H,1,3-5,8,11H2,(H2,20,23,25). The lowest BCUT2D eigenvalue weighted by molar-refractivity contribution is 0.0628. The summed E-state index contributed by atoms with van der Waals surface area (Å²) in [6.07, 6.45) is 9.04. The Labute approximate surface area is 165 Å². The van der Waals surface area contributed by atoms with E-state index in [4.69, 9.17) is 5.73 Å². The van der Waals surface area contributed by atoms with Crippen LogP contribution in [0, 0.1) is 0 Å². The summed E-state index contributed by atoms with van der Waals surface area (Å²) < 4.78 is 0. The quantitative estimate of drug-likeness (QED) is 0.709. The number of likely N-dealkylation sites (tertiary alicyclic amines) is 1. The van der Waals surface area contributed by atoms with Gasteiger partial charge in [-0.15, -0.1) is 11.3 Å². The molecule has 9 heteroatoms. The number of anilines is 1. The zero-order valence-electron chi connectivity index (χ0n) is 15.2. The van der Waals surface area contributed by atoms with Crippen LogP contribution in [-0.4, -0.2) is 48.8 Å². The highest BCUT2D eigenvalue weighted by Crippen LogP contribution is 2.44. The Balaban J connectivity index is 1.40.